The summed E-state index contributed by atoms with van der Waals surface area (Å²) >= 11 is 0. The molecule has 0 radical (unpaired) electrons. The molecule has 1 aliphatic rings. The van der Waals surface area contributed by atoms with Gasteiger partial charge in [-0.3, -0.25) is 9.36 Å². The second kappa shape index (κ2) is 8.99. The molecule has 11 heteroatoms. The molecule has 0 unspecified atom stereocenters. The Labute approximate surface area is 172 Å². The van der Waals surface area contributed by atoms with Gasteiger partial charge in [0.05, 0.1) is 12.3 Å². The van der Waals surface area contributed by atoms with E-state index in [2.05, 4.69) is 5.32 Å². The van der Waals surface area contributed by atoms with Crippen LogP contribution in [0.15, 0.2) is 36.4 Å². The average Bonchev–Trinajstić information content (AvgIpc) is 2.66. The summed E-state index contributed by atoms with van der Waals surface area (Å²) in [7, 11) is -4.32. The molecule has 1 heterocycles. The van der Waals surface area contributed by atoms with Gasteiger partial charge in [-0.05, 0) is 41.5 Å². The van der Waals surface area contributed by atoms with Gasteiger partial charge in [-0.1, -0.05) is 12.1 Å². The van der Waals surface area contributed by atoms with Crippen LogP contribution in [0.4, 0.5) is 5.69 Å². The van der Waals surface area contributed by atoms with Gasteiger partial charge in [-0.2, -0.15) is 0 Å². The van der Waals surface area contributed by atoms with Gasteiger partial charge in [0.25, 0.3) is 0 Å². The van der Waals surface area contributed by atoms with E-state index in [9.17, 15) is 24.7 Å². The summed E-state index contributed by atoms with van der Waals surface area (Å²) < 4.78 is 22.2. The van der Waals surface area contributed by atoms with Crippen molar-refractivity contribution in [3.63, 3.8) is 0 Å². The zero-order chi connectivity index (χ0) is 22.1. The van der Waals surface area contributed by atoms with Crippen molar-refractivity contribution in [3.05, 3.63) is 36.4 Å². The van der Waals surface area contributed by atoms with Crippen molar-refractivity contribution in [2.75, 3.05) is 11.5 Å². The molecule has 1 amide bonds. The molecule has 2 aromatic carbocycles. The zero-order valence-corrected chi connectivity index (χ0v) is 17.0. The molecular weight excluding hydrogens is 417 g/mol. The summed E-state index contributed by atoms with van der Waals surface area (Å²) in [5, 5.41) is 34.6. The summed E-state index contributed by atoms with van der Waals surface area (Å²) in [6, 6.07) is 10.3. The molecule has 0 aliphatic carbocycles. The fourth-order valence-electron chi connectivity index (χ4n) is 3.26. The Balaban J connectivity index is 1.75. The van der Waals surface area contributed by atoms with Crippen LogP contribution in [-0.4, -0.2) is 67.9 Å². The lowest BCUT2D eigenvalue weighted by atomic mass is 9.97. The van der Waals surface area contributed by atoms with E-state index in [4.69, 9.17) is 19.3 Å². The number of hydrogen-bond acceptors (Lipinski definition) is 7. The van der Waals surface area contributed by atoms with Crippen molar-refractivity contribution in [1.29, 1.82) is 0 Å². The maximum Gasteiger partial charge on any atom is 0.325 e. The maximum atomic E-state index is 11.2. The van der Waals surface area contributed by atoms with Gasteiger partial charge in [0.15, 0.2) is 0 Å². The van der Waals surface area contributed by atoms with E-state index < -0.39 is 44.5 Å². The molecule has 0 saturated carbocycles. The highest BCUT2D eigenvalue weighted by molar-refractivity contribution is 7.51. The summed E-state index contributed by atoms with van der Waals surface area (Å²) in [5.41, 5.74) is 0.639. The van der Waals surface area contributed by atoms with Crippen LogP contribution in [0.3, 0.4) is 0 Å². The highest BCUT2D eigenvalue weighted by Gasteiger charge is 2.45. The summed E-state index contributed by atoms with van der Waals surface area (Å²) in [6.45, 7) is 1.41. The van der Waals surface area contributed by atoms with E-state index in [1.54, 1.807) is 36.4 Å². The van der Waals surface area contributed by atoms with E-state index in [-0.39, 0.29) is 12.3 Å². The van der Waals surface area contributed by atoms with Crippen LogP contribution in [0, 0.1) is 0 Å². The Morgan fingerprint density at radius 3 is 2.40 bits per heavy atom. The standard InChI is InChI=1S/C19H24NO9P/c1-10(21)20-13-4-2-12-9-14(5-3-11(12)8-13)28-19-18(24)17(23)16(22)15(29-19)6-7-30(25,26)27/h2-5,8-9,15-19,22-24H,6-7H2,1H3,(H,20,21)(H2,25,26,27)/t15-,16-,17+,18+,19+/m1/s1. The summed E-state index contributed by atoms with van der Waals surface area (Å²) in [6.07, 6.45) is -7.93. The predicted octanol–water partition coefficient (Wildman–Crippen LogP) is 0.552. The van der Waals surface area contributed by atoms with E-state index in [0.29, 0.717) is 11.4 Å². The van der Waals surface area contributed by atoms with Crippen molar-refractivity contribution in [1.82, 2.24) is 0 Å². The Morgan fingerprint density at radius 2 is 1.73 bits per heavy atom. The van der Waals surface area contributed by atoms with Gasteiger partial charge in [0, 0.05) is 12.6 Å². The first-order valence-corrected chi connectivity index (χ1v) is 11.1. The SMILES string of the molecule is CC(=O)Nc1ccc2cc(O[C@H]3O[C@H](CCP(=O)(O)O)[C@@H](O)[C@H](O)[C@@H]3O)ccc2c1. The number of carbonyl (C=O) groups excluding carboxylic acids is 1. The Bertz CT molecular complexity index is 962. The number of ether oxygens (including phenoxy) is 2. The number of benzene rings is 2. The number of rotatable bonds is 6. The van der Waals surface area contributed by atoms with E-state index >= 15 is 0 Å². The normalized spacial score (nSPS) is 27.1. The fourth-order valence-corrected chi connectivity index (χ4v) is 3.85. The number of fused-ring (bicyclic) bond motifs is 1. The molecule has 6 N–H and O–H groups in total. The molecule has 164 valence electrons. The molecule has 2 aromatic rings. The first kappa shape index (κ1) is 22.6. The Morgan fingerprint density at radius 1 is 1.07 bits per heavy atom. The highest BCUT2D eigenvalue weighted by Crippen LogP contribution is 2.37. The van der Waals surface area contributed by atoms with Crippen LogP contribution in [0.25, 0.3) is 10.8 Å². The largest absolute Gasteiger partial charge is 0.462 e. The van der Waals surface area contributed by atoms with Gasteiger partial charge < -0.3 is 39.9 Å². The van der Waals surface area contributed by atoms with E-state index in [0.717, 1.165) is 10.8 Å². The first-order valence-electron chi connectivity index (χ1n) is 9.26. The van der Waals surface area contributed by atoms with Crippen LogP contribution in [-0.2, 0) is 14.1 Å². The lowest BCUT2D eigenvalue weighted by molar-refractivity contribution is -0.272. The maximum absolute atomic E-state index is 11.2. The smallest absolute Gasteiger partial charge is 0.325 e. The molecule has 0 aromatic heterocycles. The van der Waals surface area contributed by atoms with Crippen molar-refractivity contribution in [2.45, 2.75) is 44.1 Å². The topological polar surface area (TPSA) is 166 Å². The fraction of sp³-hybridized carbons (Fsp3) is 0.421. The van der Waals surface area contributed by atoms with Gasteiger partial charge in [-0.15, -0.1) is 0 Å². The number of hydrogen-bond donors (Lipinski definition) is 6. The van der Waals surface area contributed by atoms with Crippen LogP contribution in [0.1, 0.15) is 13.3 Å². The molecule has 3 rings (SSSR count). The molecule has 30 heavy (non-hydrogen) atoms. The molecule has 0 bridgehead atoms. The number of aliphatic hydroxyl groups excluding tert-OH is 3. The predicted molar refractivity (Wildman–Crippen MR) is 107 cm³/mol. The zero-order valence-electron chi connectivity index (χ0n) is 16.1. The number of carbonyl (C=O) groups is 1. The highest BCUT2D eigenvalue weighted by atomic mass is 31.2. The van der Waals surface area contributed by atoms with Crippen LogP contribution >= 0.6 is 7.60 Å². The summed E-state index contributed by atoms with van der Waals surface area (Å²) in [4.78, 5) is 29.2. The third-order valence-electron chi connectivity index (χ3n) is 4.76. The molecule has 0 spiro atoms. The molecule has 5 atom stereocenters. The van der Waals surface area contributed by atoms with Gasteiger partial charge >= 0.3 is 7.60 Å². The van der Waals surface area contributed by atoms with Crippen molar-refractivity contribution in [2.24, 2.45) is 0 Å². The van der Waals surface area contributed by atoms with Crippen molar-refractivity contribution >= 4 is 30.0 Å². The average molecular weight is 441 g/mol. The Hall–Kier alpha value is -2.04. The van der Waals surface area contributed by atoms with Gasteiger partial charge in [0.1, 0.15) is 24.1 Å². The van der Waals surface area contributed by atoms with Gasteiger partial charge in [0.2, 0.25) is 12.2 Å². The quantitative estimate of drug-likeness (QED) is 0.351. The van der Waals surface area contributed by atoms with E-state index in [1.807, 2.05) is 0 Å². The molecule has 1 saturated heterocycles. The van der Waals surface area contributed by atoms with E-state index in [1.165, 1.54) is 6.92 Å². The van der Waals surface area contributed by atoms with Crippen molar-refractivity contribution in [3.8, 4) is 5.75 Å². The first-order chi connectivity index (χ1) is 14.0. The van der Waals surface area contributed by atoms with Crippen molar-refractivity contribution < 1.29 is 43.9 Å². The lowest BCUT2D eigenvalue weighted by Crippen LogP contribution is -2.59. The molecule has 10 nitrogen and oxygen atoms in total. The lowest BCUT2D eigenvalue weighted by Gasteiger charge is -2.40. The second-order valence-electron chi connectivity index (χ2n) is 7.21. The number of aliphatic hydroxyl groups is 3. The number of amides is 1. The molecule has 1 aliphatic heterocycles. The number of nitrogens with one attached hydrogen (secondary N) is 1. The minimum atomic E-state index is -4.32. The van der Waals surface area contributed by atoms with Crippen LogP contribution in [0.2, 0.25) is 0 Å². The summed E-state index contributed by atoms with van der Waals surface area (Å²) in [5.74, 6) is 0.128. The third-order valence-corrected chi connectivity index (χ3v) is 5.60. The van der Waals surface area contributed by atoms with Crippen LogP contribution < -0.4 is 10.1 Å². The number of anilines is 1. The third kappa shape index (κ3) is 5.55. The molecule has 1 fully saturated rings. The minimum absolute atomic E-state index is 0.188. The van der Waals surface area contributed by atoms with Crippen LogP contribution in [0.5, 0.6) is 5.75 Å². The Kier molecular flexibility index (Phi) is 6.78. The molecular formula is C19H24NO9P. The minimum Gasteiger partial charge on any atom is -0.462 e. The second-order valence-corrected chi connectivity index (χ2v) is 8.99. The van der Waals surface area contributed by atoms with Gasteiger partial charge in [-0.25, -0.2) is 0 Å². The monoisotopic (exact) mass is 441 g/mol.